The average Bonchev–Trinajstić information content (AvgIpc) is 2.89. The van der Waals surface area contributed by atoms with Crippen LogP contribution in [0, 0.1) is 0 Å². The average molecular weight is 611 g/mol. The van der Waals surface area contributed by atoms with Crippen molar-refractivity contribution in [2.45, 2.75) is 105 Å². The molecule has 0 atom stereocenters. The van der Waals surface area contributed by atoms with Crippen molar-refractivity contribution in [1.29, 1.82) is 0 Å². The van der Waals surface area contributed by atoms with Crippen LogP contribution in [0.15, 0.2) is 78.9 Å². The Labute approximate surface area is 265 Å². The van der Waals surface area contributed by atoms with Gasteiger partial charge in [-0.3, -0.25) is 4.57 Å². The molecule has 0 bridgehead atoms. The Hall–Kier alpha value is -2.97. The molecule has 3 nitrogen and oxygen atoms in total. The summed E-state index contributed by atoms with van der Waals surface area (Å²) in [5.74, 6) is 0. The highest BCUT2D eigenvalue weighted by molar-refractivity contribution is 7.61. The molecule has 2 N–H and O–H groups in total. The van der Waals surface area contributed by atoms with Crippen LogP contribution >= 0.6 is 7.60 Å². The minimum absolute atomic E-state index is 0.0439. The highest BCUT2D eigenvalue weighted by Gasteiger charge is 2.34. The van der Waals surface area contributed by atoms with E-state index in [1.807, 2.05) is 36.4 Å². The van der Waals surface area contributed by atoms with Gasteiger partial charge < -0.3 is 9.79 Å². The van der Waals surface area contributed by atoms with Crippen LogP contribution in [0.5, 0.6) is 0 Å². The van der Waals surface area contributed by atoms with Gasteiger partial charge in [0.2, 0.25) is 0 Å². The second-order valence-electron chi connectivity index (χ2n) is 16.3. The summed E-state index contributed by atoms with van der Waals surface area (Å²) in [4.78, 5) is 22.4. The van der Waals surface area contributed by atoms with Crippen LogP contribution in [-0.2, 0) is 26.2 Å². The molecule has 0 aliphatic heterocycles. The molecule has 234 valence electrons. The van der Waals surface area contributed by atoms with Crippen LogP contribution in [0.3, 0.4) is 0 Å². The predicted molar refractivity (Wildman–Crippen MR) is 189 cm³/mol. The highest BCUT2D eigenvalue weighted by atomic mass is 31.2. The maximum absolute atomic E-state index is 13.8. The van der Waals surface area contributed by atoms with Gasteiger partial charge in [0.25, 0.3) is 0 Å². The summed E-state index contributed by atoms with van der Waals surface area (Å²) in [6.45, 7) is 26.4. The van der Waals surface area contributed by atoms with Crippen LogP contribution in [-0.4, -0.2) is 9.79 Å². The van der Waals surface area contributed by atoms with E-state index in [1.54, 1.807) is 0 Å². The molecule has 0 spiro atoms. The molecule has 0 aromatic heterocycles. The van der Waals surface area contributed by atoms with E-state index in [2.05, 4.69) is 126 Å². The Morgan fingerprint density at radius 3 is 1.32 bits per heavy atom. The summed E-state index contributed by atoms with van der Waals surface area (Å²) in [5, 5.41) is 0.0787. The Morgan fingerprint density at radius 2 is 0.886 bits per heavy atom. The predicted octanol–water partition coefficient (Wildman–Crippen LogP) is 10.7. The van der Waals surface area contributed by atoms with Gasteiger partial charge in [-0.05, 0) is 71.7 Å². The summed E-state index contributed by atoms with van der Waals surface area (Å²) in [7, 11) is -4.78. The second kappa shape index (κ2) is 11.4. The maximum Gasteiger partial charge on any atom is 0.357 e. The van der Waals surface area contributed by atoms with Crippen molar-refractivity contribution in [3.05, 3.63) is 101 Å². The van der Waals surface area contributed by atoms with E-state index in [0.717, 1.165) is 33.4 Å². The van der Waals surface area contributed by atoms with E-state index >= 15 is 0 Å². The molecule has 0 amide bonds. The first-order chi connectivity index (χ1) is 20.0. The molecule has 0 fully saturated rings. The molecule has 0 saturated carbocycles. The lowest BCUT2D eigenvalue weighted by molar-refractivity contribution is 0.387. The van der Waals surface area contributed by atoms with E-state index in [0.29, 0.717) is 11.1 Å². The van der Waals surface area contributed by atoms with Gasteiger partial charge in [-0.1, -0.05) is 162 Å². The van der Waals surface area contributed by atoms with Gasteiger partial charge in [-0.2, -0.15) is 0 Å². The number of rotatable bonds is 4. The van der Waals surface area contributed by atoms with E-state index in [9.17, 15) is 14.4 Å². The molecule has 0 aliphatic rings. The fourth-order valence-corrected chi connectivity index (χ4v) is 7.01. The van der Waals surface area contributed by atoms with Gasteiger partial charge in [-0.25, -0.2) is 0 Å². The minimum Gasteiger partial charge on any atom is -0.321 e. The van der Waals surface area contributed by atoms with Gasteiger partial charge in [-0.15, -0.1) is 0 Å². The quantitative estimate of drug-likeness (QED) is 0.226. The molecule has 4 rings (SSSR count). The first kappa shape index (κ1) is 33.9. The van der Waals surface area contributed by atoms with Crippen molar-refractivity contribution in [2.75, 3.05) is 0 Å². The molecule has 0 heterocycles. The Bertz CT molecular complexity index is 1710. The Morgan fingerprint density at radius 1 is 0.477 bits per heavy atom. The zero-order chi connectivity index (χ0) is 33.0. The first-order valence-electron chi connectivity index (χ1n) is 15.6. The topological polar surface area (TPSA) is 57.5 Å². The first-order valence-corrected chi connectivity index (χ1v) is 17.2. The van der Waals surface area contributed by atoms with Gasteiger partial charge in [0.05, 0.1) is 5.30 Å². The Balaban J connectivity index is 2.28. The second-order valence-corrected chi connectivity index (χ2v) is 17.9. The van der Waals surface area contributed by atoms with Gasteiger partial charge in [0.1, 0.15) is 0 Å². The molecular weight excluding hydrogens is 559 g/mol. The molecule has 0 saturated heterocycles. The van der Waals surface area contributed by atoms with Crippen molar-refractivity contribution in [1.82, 2.24) is 0 Å². The summed E-state index contributed by atoms with van der Waals surface area (Å²) in [6.07, 6.45) is 0. The molecule has 0 aliphatic carbocycles. The van der Waals surface area contributed by atoms with Gasteiger partial charge >= 0.3 is 7.60 Å². The lowest BCUT2D eigenvalue weighted by Crippen LogP contribution is -2.21. The van der Waals surface area contributed by atoms with Crippen molar-refractivity contribution < 1.29 is 14.4 Å². The summed E-state index contributed by atoms with van der Waals surface area (Å²) >= 11 is 0. The standard InChI is InChI=1S/C40H51O3P/c1-37(2,3)27-18-20-30(33(24-27)39(7,8)9)31-23-22-29(26-16-14-13-15-17-26)36(44(41,42)43)35(31)32-21-19-28(38(4,5)6)25-34(32)40(10,11)12/h13-25H,1-12H3,(H2,41,42,43). The molecule has 44 heavy (non-hydrogen) atoms. The normalized spacial score (nSPS) is 13.3. The summed E-state index contributed by atoms with van der Waals surface area (Å²) < 4.78 is 13.8. The molecule has 4 heteroatoms. The highest BCUT2D eigenvalue weighted by Crippen LogP contribution is 2.50. The summed E-state index contributed by atoms with van der Waals surface area (Å²) in [6, 6.07) is 26.6. The van der Waals surface area contributed by atoms with E-state index in [1.165, 1.54) is 11.1 Å². The maximum atomic E-state index is 13.8. The van der Waals surface area contributed by atoms with E-state index < -0.39 is 7.60 Å². The van der Waals surface area contributed by atoms with Crippen molar-refractivity contribution >= 4 is 12.9 Å². The van der Waals surface area contributed by atoms with Crippen LogP contribution in [0.2, 0.25) is 0 Å². The van der Waals surface area contributed by atoms with Crippen molar-refractivity contribution in [2.24, 2.45) is 0 Å². The van der Waals surface area contributed by atoms with Crippen LogP contribution in [0.1, 0.15) is 105 Å². The van der Waals surface area contributed by atoms with E-state index in [-0.39, 0.29) is 27.0 Å². The van der Waals surface area contributed by atoms with Gasteiger partial charge in [0, 0.05) is 5.56 Å². The lowest BCUT2D eigenvalue weighted by Gasteiger charge is -2.32. The lowest BCUT2D eigenvalue weighted by atomic mass is 9.74. The van der Waals surface area contributed by atoms with Crippen molar-refractivity contribution in [3.63, 3.8) is 0 Å². The smallest absolute Gasteiger partial charge is 0.321 e. The largest absolute Gasteiger partial charge is 0.357 e. The number of hydrogen-bond acceptors (Lipinski definition) is 1. The fourth-order valence-electron chi connectivity index (χ4n) is 5.96. The van der Waals surface area contributed by atoms with Crippen LogP contribution < -0.4 is 5.30 Å². The van der Waals surface area contributed by atoms with Crippen LogP contribution in [0.25, 0.3) is 33.4 Å². The molecule has 0 radical (unpaired) electrons. The monoisotopic (exact) mass is 610 g/mol. The van der Waals surface area contributed by atoms with Crippen molar-refractivity contribution in [3.8, 4) is 33.4 Å². The van der Waals surface area contributed by atoms with Crippen LogP contribution in [0.4, 0.5) is 0 Å². The number of hydrogen-bond donors (Lipinski definition) is 2. The molecule has 0 unspecified atom stereocenters. The zero-order valence-electron chi connectivity index (χ0n) is 28.8. The SMILES string of the molecule is CC(C)(C)c1ccc(-c2ccc(-c3ccccc3)c(P(=O)(O)O)c2-c2ccc(C(C)(C)C)cc2C(C)(C)C)c(C(C)(C)C)c1. The molecule has 4 aromatic rings. The zero-order valence-corrected chi connectivity index (χ0v) is 29.6. The summed E-state index contributed by atoms with van der Waals surface area (Å²) in [5.41, 5.74) is 8.65. The number of benzene rings is 4. The molecule has 4 aromatic carbocycles. The molecular formula is C40H51O3P. The minimum atomic E-state index is -4.78. The fraction of sp³-hybridized carbons (Fsp3) is 0.400. The van der Waals surface area contributed by atoms with E-state index in [4.69, 9.17) is 0 Å². The third-order valence-electron chi connectivity index (χ3n) is 8.50. The van der Waals surface area contributed by atoms with Gasteiger partial charge in [0.15, 0.2) is 0 Å². The Kier molecular flexibility index (Phi) is 8.81. The third-order valence-corrected chi connectivity index (χ3v) is 9.55. The third kappa shape index (κ3) is 6.96.